The van der Waals surface area contributed by atoms with E-state index in [1.54, 1.807) is 12.5 Å². The zero-order chi connectivity index (χ0) is 9.10. The van der Waals surface area contributed by atoms with Crippen molar-refractivity contribution in [2.75, 3.05) is 24.5 Å². The van der Waals surface area contributed by atoms with Crippen LogP contribution in [0.3, 0.4) is 0 Å². The van der Waals surface area contributed by atoms with Crippen molar-refractivity contribution in [3.8, 4) is 0 Å². The summed E-state index contributed by atoms with van der Waals surface area (Å²) in [7, 11) is 0. The number of nitrogens with one attached hydrogen (secondary N) is 1. The molecular formula is C9H14N4. The van der Waals surface area contributed by atoms with Gasteiger partial charge in [-0.15, -0.1) is 0 Å². The maximum atomic E-state index is 4.24. The quantitative estimate of drug-likeness (QED) is 0.670. The van der Waals surface area contributed by atoms with Crippen LogP contribution in [0.15, 0.2) is 18.6 Å². The van der Waals surface area contributed by atoms with Crippen LogP contribution in [0.2, 0.25) is 0 Å². The second-order valence-corrected chi connectivity index (χ2v) is 3.31. The fraction of sp³-hybridized carbons (Fsp3) is 0.556. The van der Waals surface area contributed by atoms with E-state index in [1.807, 2.05) is 6.07 Å². The van der Waals surface area contributed by atoms with Crippen molar-refractivity contribution in [1.29, 1.82) is 0 Å². The van der Waals surface area contributed by atoms with E-state index in [0.717, 1.165) is 25.5 Å². The summed E-state index contributed by atoms with van der Waals surface area (Å²) in [4.78, 5) is 10.5. The molecule has 2 rings (SSSR count). The third kappa shape index (κ3) is 1.78. The van der Waals surface area contributed by atoms with Crippen LogP contribution < -0.4 is 10.2 Å². The van der Waals surface area contributed by atoms with Gasteiger partial charge in [0, 0.05) is 31.9 Å². The molecule has 2 heterocycles. The molecule has 1 aliphatic rings. The fourth-order valence-corrected chi connectivity index (χ4v) is 1.63. The molecule has 1 aliphatic heterocycles. The zero-order valence-electron chi connectivity index (χ0n) is 7.77. The van der Waals surface area contributed by atoms with Crippen molar-refractivity contribution in [1.82, 2.24) is 15.3 Å². The molecule has 0 amide bonds. The fourth-order valence-electron chi connectivity index (χ4n) is 1.63. The van der Waals surface area contributed by atoms with Crippen molar-refractivity contribution in [2.24, 2.45) is 0 Å². The zero-order valence-corrected chi connectivity index (χ0v) is 7.77. The molecule has 0 radical (unpaired) electrons. The summed E-state index contributed by atoms with van der Waals surface area (Å²) in [5.41, 5.74) is 0. The second kappa shape index (κ2) is 3.70. The monoisotopic (exact) mass is 178 g/mol. The highest BCUT2D eigenvalue weighted by molar-refractivity contribution is 5.38. The highest BCUT2D eigenvalue weighted by Crippen LogP contribution is 2.13. The topological polar surface area (TPSA) is 41.0 Å². The maximum absolute atomic E-state index is 4.24. The van der Waals surface area contributed by atoms with Gasteiger partial charge >= 0.3 is 0 Å². The first-order valence-electron chi connectivity index (χ1n) is 4.61. The van der Waals surface area contributed by atoms with Crippen LogP contribution >= 0.6 is 0 Å². The molecule has 0 spiro atoms. The van der Waals surface area contributed by atoms with Crippen LogP contribution in [0.1, 0.15) is 6.92 Å². The average Bonchev–Trinajstić information content (AvgIpc) is 2.20. The van der Waals surface area contributed by atoms with E-state index in [1.165, 1.54) is 0 Å². The van der Waals surface area contributed by atoms with Crippen LogP contribution in [0.4, 0.5) is 5.82 Å². The van der Waals surface area contributed by atoms with Crippen molar-refractivity contribution >= 4 is 5.82 Å². The Balaban J connectivity index is 2.15. The standard InChI is InChI=1S/C9H14N4/c1-8-6-10-4-5-13(8)9-2-3-11-7-12-9/h2-3,7-8,10H,4-6H2,1H3/t8-/m0/s1. The Kier molecular flexibility index (Phi) is 2.40. The molecule has 1 fully saturated rings. The lowest BCUT2D eigenvalue weighted by Crippen LogP contribution is -2.50. The van der Waals surface area contributed by atoms with Crippen molar-refractivity contribution in [3.63, 3.8) is 0 Å². The van der Waals surface area contributed by atoms with Crippen LogP contribution in [-0.2, 0) is 0 Å². The van der Waals surface area contributed by atoms with Crippen LogP contribution in [0, 0.1) is 0 Å². The molecule has 0 aliphatic carbocycles. The van der Waals surface area contributed by atoms with Crippen molar-refractivity contribution < 1.29 is 0 Å². The molecule has 1 saturated heterocycles. The Hall–Kier alpha value is -1.16. The summed E-state index contributed by atoms with van der Waals surface area (Å²) in [5.74, 6) is 1.03. The lowest BCUT2D eigenvalue weighted by Gasteiger charge is -2.34. The molecule has 70 valence electrons. The highest BCUT2D eigenvalue weighted by atomic mass is 15.3. The molecule has 1 atom stereocenters. The number of hydrogen-bond donors (Lipinski definition) is 1. The molecule has 4 heteroatoms. The van der Waals surface area contributed by atoms with E-state index < -0.39 is 0 Å². The second-order valence-electron chi connectivity index (χ2n) is 3.31. The molecule has 0 bridgehead atoms. The summed E-state index contributed by atoms with van der Waals surface area (Å²) >= 11 is 0. The summed E-state index contributed by atoms with van der Waals surface area (Å²) in [6.45, 7) is 5.30. The number of aromatic nitrogens is 2. The van der Waals surface area contributed by atoms with Gasteiger partial charge in [-0.25, -0.2) is 9.97 Å². The summed E-state index contributed by atoms with van der Waals surface area (Å²) < 4.78 is 0. The molecule has 13 heavy (non-hydrogen) atoms. The predicted octanol–water partition coefficient (Wildman–Crippen LogP) is 0.275. The van der Waals surface area contributed by atoms with Gasteiger partial charge in [0.25, 0.3) is 0 Å². The Labute approximate surface area is 78.0 Å². The highest BCUT2D eigenvalue weighted by Gasteiger charge is 2.18. The van der Waals surface area contributed by atoms with Gasteiger partial charge in [-0.1, -0.05) is 0 Å². The third-order valence-electron chi connectivity index (χ3n) is 2.36. The minimum atomic E-state index is 0.517. The predicted molar refractivity (Wildman–Crippen MR) is 51.7 cm³/mol. The SMILES string of the molecule is C[C@H]1CNCCN1c1ccncn1. The minimum Gasteiger partial charge on any atom is -0.351 e. The number of nitrogens with zero attached hydrogens (tertiary/aromatic N) is 3. The molecular weight excluding hydrogens is 164 g/mol. The first-order chi connectivity index (χ1) is 6.38. The number of piperazine rings is 1. The Morgan fingerprint density at radius 3 is 3.23 bits per heavy atom. The first-order valence-corrected chi connectivity index (χ1v) is 4.61. The minimum absolute atomic E-state index is 0.517. The first kappa shape index (κ1) is 8.44. The van der Waals surface area contributed by atoms with E-state index in [-0.39, 0.29) is 0 Å². The lowest BCUT2D eigenvalue weighted by atomic mass is 10.2. The van der Waals surface area contributed by atoms with Crippen LogP contribution in [-0.4, -0.2) is 35.6 Å². The van der Waals surface area contributed by atoms with Crippen LogP contribution in [0.5, 0.6) is 0 Å². The summed E-state index contributed by atoms with van der Waals surface area (Å²) in [6, 6.07) is 2.48. The van der Waals surface area contributed by atoms with Gasteiger partial charge in [0.1, 0.15) is 12.1 Å². The van der Waals surface area contributed by atoms with E-state index in [9.17, 15) is 0 Å². The summed E-state index contributed by atoms with van der Waals surface area (Å²) in [5, 5.41) is 3.35. The van der Waals surface area contributed by atoms with Gasteiger partial charge < -0.3 is 10.2 Å². The van der Waals surface area contributed by atoms with Gasteiger partial charge in [-0.2, -0.15) is 0 Å². The normalized spacial score (nSPS) is 23.2. The van der Waals surface area contributed by atoms with Gasteiger partial charge in [0.2, 0.25) is 0 Å². The molecule has 0 saturated carbocycles. The Bertz CT molecular complexity index is 262. The molecule has 0 unspecified atom stereocenters. The smallest absolute Gasteiger partial charge is 0.132 e. The van der Waals surface area contributed by atoms with Crippen molar-refractivity contribution in [3.05, 3.63) is 18.6 Å². The third-order valence-corrected chi connectivity index (χ3v) is 2.36. The van der Waals surface area contributed by atoms with E-state index in [4.69, 9.17) is 0 Å². The summed E-state index contributed by atoms with van der Waals surface area (Å²) in [6.07, 6.45) is 3.39. The molecule has 0 aromatic carbocycles. The molecule has 1 aromatic heterocycles. The van der Waals surface area contributed by atoms with Gasteiger partial charge in [-0.05, 0) is 13.0 Å². The van der Waals surface area contributed by atoms with Crippen LogP contribution in [0.25, 0.3) is 0 Å². The molecule has 1 aromatic rings. The number of hydrogen-bond acceptors (Lipinski definition) is 4. The molecule has 1 N–H and O–H groups in total. The Morgan fingerprint density at radius 2 is 2.54 bits per heavy atom. The van der Waals surface area contributed by atoms with Gasteiger partial charge in [0.15, 0.2) is 0 Å². The lowest BCUT2D eigenvalue weighted by molar-refractivity contribution is 0.497. The van der Waals surface area contributed by atoms with Gasteiger partial charge in [0.05, 0.1) is 0 Å². The van der Waals surface area contributed by atoms with E-state index in [0.29, 0.717) is 6.04 Å². The number of anilines is 1. The average molecular weight is 178 g/mol. The number of rotatable bonds is 1. The maximum Gasteiger partial charge on any atom is 0.132 e. The largest absolute Gasteiger partial charge is 0.351 e. The van der Waals surface area contributed by atoms with E-state index in [2.05, 4.69) is 27.1 Å². The van der Waals surface area contributed by atoms with Gasteiger partial charge in [-0.3, -0.25) is 0 Å². The van der Waals surface area contributed by atoms with Crippen molar-refractivity contribution in [2.45, 2.75) is 13.0 Å². The Morgan fingerprint density at radius 1 is 1.62 bits per heavy atom. The molecule has 4 nitrogen and oxygen atoms in total. The van der Waals surface area contributed by atoms with E-state index >= 15 is 0 Å².